The molecule has 1 heterocycles. The molecular formula is C13H23N3. The van der Waals surface area contributed by atoms with E-state index in [0.717, 1.165) is 18.9 Å². The number of aromatic nitrogens is 2. The number of nitrogens with two attached hydrogens (primary N) is 1. The molecule has 1 saturated carbocycles. The highest BCUT2D eigenvalue weighted by Crippen LogP contribution is 2.25. The number of aryl methyl sites for hydroxylation is 1. The van der Waals surface area contributed by atoms with Crippen molar-refractivity contribution >= 4 is 0 Å². The van der Waals surface area contributed by atoms with Crippen LogP contribution in [0, 0.1) is 5.92 Å². The molecule has 1 aliphatic carbocycles. The minimum atomic E-state index is 0.414. The average Bonchev–Trinajstić information content (AvgIpc) is 2.61. The predicted octanol–water partition coefficient (Wildman–Crippen LogP) is 2.35. The van der Waals surface area contributed by atoms with Crippen LogP contribution in [0.15, 0.2) is 12.4 Å². The lowest BCUT2D eigenvalue weighted by Gasteiger charge is -2.17. The van der Waals surface area contributed by atoms with E-state index in [0.29, 0.717) is 6.04 Å². The van der Waals surface area contributed by atoms with Gasteiger partial charge < -0.3 is 10.3 Å². The summed E-state index contributed by atoms with van der Waals surface area (Å²) in [5.74, 6) is 1.98. The van der Waals surface area contributed by atoms with Gasteiger partial charge in [-0.3, -0.25) is 0 Å². The molecule has 3 heteroatoms. The summed E-state index contributed by atoms with van der Waals surface area (Å²) in [4.78, 5) is 4.46. The first-order chi connectivity index (χ1) is 7.79. The second-order valence-electron chi connectivity index (χ2n) is 4.98. The zero-order valence-corrected chi connectivity index (χ0v) is 10.2. The summed E-state index contributed by atoms with van der Waals surface area (Å²) in [7, 11) is 0. The van der Waals surface area contributed by atoms with Gasteiger partial charge in [-0.25, -0.2) is 4.98 Å². The second kappa shape index (κ2) is 5.48. The Morgan fingerprint density at radius 3 is 3.06 bits per heavy atom. The molecule has 90 valence electrons. The molecule has 2 rings (SSSR count). The van der Waals surface area contributed by atoms with Crippen molar-refractivity contribution in [1.29, 1.82) is 0 Å². The van der Waals surface area contributed by atoms with Gasteiger partial charge in [0, 0.05) is 31.4 Å². The second-order valence-corrected chi connectivity index (χ2v) is 4.98. The maximum absolute atomic E-state index is 6.10. The van der Waals surface area contributed by atoms with E-state index in [4.69, 9.17) is 5.73 Å². The summed E-state index contributed by atoms with van der Waals surface area (Å²) in [5.41, 5.74) is 6.10. The van der Waals surface area contributed by atoms with Gasteiger partial charge in [0.15, 0.2) is 0 Å². The number of hydrogen-bond donors (Lipinski definition) is 1. The van der Waals surface area contributed by atoms with E-state index in [1.54, 1.807) is 0 Å². The van der Waals surface area contributed by atoms with Crippen molar-refractivity contribution in [3.05, 3.63) is 18.2 Å². The monoisotopic (exact) mass is 221 g/mol. The molecule has 0 amide bonds. The molecule has 1 aromatic heterocycles. The van der Waals surface area contributed by atoms with Gasteiger partial charge in [0.1, 0.15) is 5.82 Å². The molecule has 0 aliphatic heterocycles. The van der Waals surface area contributed by atoms with Crippen LogP contribution in [0.4, 0.5) is 0 Å². The van der Waals surface area contributed by atoms with Crippen LogP contribution in [-0.2, 0) is 13.0 Å². The highest BCUT2D eigenvalue weighted by Gasteiger charge is 2.19. The Labute approximate surface area is 98.1 Å². The van der Waals surface area contributed by atoms with E-state index in [1.165, 1.54) is 37.9 Å². The van der Waals surface area contributed by atoms with Crippen molar-refractivity contribution in [3.63, 3.8) is 0 Å². The van der Waals surface area contributed by atoms with Crippen molar-refractivity contribution in [2.45, 2.75) is 58.0 Å². The Bertz CT molecular complexity index is 319. The molecule has 0 radical (unpaired) electrons. The van der Waals surface area contributed by atoms with Crippen LogP contribution in [0.5, 0.6) is 0 Å². The van der Waals surface area contributed by atoms with Crippen molar-refractivity contribution < 1.29 is 0 Å². The zero-order valence-electron chi connectivity index (χ0n) is 10.2. The molecule has 0 aromatic carbocycles. The number of rotatable bonds is 3. The number of hydrogen-bond acceptors (Lipinski definition) is 2. The molecule has 16 heavy (non-hydrogen) atoms. The molecule has 3 nitrogen and oxygen atoms in total. The van der Waals surface area contributed by atoms with E-state index in [-0.39, 0.29) is 0 Å². The maximum atomic E-state index is 6.10. The summed E-state index contributed by atoms with van der Waals surface area (Å²) in [6.45, 7) is 3.19. The van der Waals surface area contributed by atoms with Crippen molar-refractivity contribution in [1.82, 2.24) is 9.55 Å². The van der Waals surface area contributed by atoms with Crippen LogP contribution in [0.2, 0.25) is 0 Å². The summed E-state index contributed by atoms with van der Waals surface area (Å²) in [5, 5.41) is 0. The molecule has 0 bridgehead atoms. The first-order valence-electron chi connectivity index (χ1n) is 6.55. The van der Waals surface area contributed by atoms with Gasteiger partial charge >= 0.3 is 0 Å². The fourth-order valence-electron chi connectivity index (χ4n) is 2.76. The molecule has 1 aliphatic rings. The molecule has 0 spiro atoms. The maximum Gasteiger partial charge on any atom is 0.108 e. The number of nitrogens with zero attached hydrogens (tertiary/aromatic N) is 2. The van der Waals surface area contributed by atoms with Crippen molar-refractivity contribution in [2.75, 3.05) is 0 Å². The first-order valence-corrected chi connectivity index (χ1v) is 6.55. The fourth-order valence-corrected chi connectivity index (χ4v) is 2.76. The summed E-state index contributed by atoms with van der Waals surface area (Å²) in [6, 6.07) is 0.414. The zero-order chi connectivity index (χ0) is 11.4. The summed E-state index contributed by atoms with van der Waals surface area (Å²) >= 11 is 0. The minimum Gasteiger partial charge on any atom is -0.335 e. The van der Waals surface area contributed by atoms with Crippen LogP contribution < -0.4 is 5.73 Å². The molecule has 1 aromatic rings. The third kappa shape index (κ3) is 2.85. The molecule has 0 saturated heterocycles. The highest BCUT2D eigenvalue weighted by molar-refractivity contribution is 4.94. The van der Waals surface area contributed by atoms with E-state index in [9.17, 15) is 0 Å². The minimum absolute atomic E-state index is 0.414. The normalized spacial score (nSPS) is 26.6. The van der Waals surface area contributed by atoms with Gasteiger partial charge in [-0.2, -0.15) is 0 Å². The van der Waals surface area contributed by atoms with Gasteiger partial charge in [0.25, 0.3) is 0 Å². The topological polar surface area (TPSA) is 43.8 Å². The Morgan fingerprint density at radius 1 is 1.44 bits per heavy atom. The first kappa shape index (κ1) is 11.6. The van der Waals surface area contributed by atoms with Gasteiger partial charge in [0.2, 0.25) is 0 Å². The number of imidazole rings is 1. The van der Waals surface area contributed by atoms with Crippen molar-refractivity contribution in [3.8, 4) is 0 Å². The summed E-state index contributed by atoms with van der Waals surface area (Å²) < 4.78 is 2.25. The predicted molar refractivity (Wildman–Crippen MR) is 66.2 cm³/mol. The lowest BCUT2D eigenvalue weighted by Crippen LogP contribution is -2.23. The Morgan fingerprint density at radius 2 is 2.25 bits per heavy atom. The van der Waals surface area contributed by atoms with E-state index in [1.807, 2.05) is 6.20 Å². The highest BCUT2D eigenvalue weighted by atomic mass is 15.0. The molecule has 2 unspecified atom stereocenters. The smallest absolute Gasteiger partial charge is 0.108 e. The fraction of sp³-hybridized carbons (Fsp3) is 0.769. The van der Waals surface area contributed by atoms with Crippen LogP contribution in [0.1, 0.15) is 44.9 Å². The van der Waals surface area contributed by atoms with Crippen molar-refractivity contribution in [2.24, 2.45) is 11.7 Å². The average molecular weight is 221 g/mol. The van der Waals surface area contributed by atoms with E-state index < -0.39 is 0 Å². The van der Waals surface area contributed by atoms with E-state index >= 15 is 0 Å². The van der Waals surface area contributed by atoms with Crippen LogP contribution in [-0.4, -0.2) is 15.6 Å². The SMILES string of the molecule is CCn1ccnc1CC1CCCCC(N)C1. The summed E-state index contributed by atoms with van der Waals surface area (Å²) in [6.07, 6.45) is 11.4. The Hall–Kier alpha value is -0.830. The molecule has 2 atom stereocenters. The lowest BCUT2D eigenvalue weighted by molar-refractivity contribution is 0.416. The molecule has 2 N–H and O–H groups in total. The van der Waals surface area contributed by atoms with Gasteiger partial charge in [0.05, 0.1) is 0 Å². The third-order valence-corrected chi connectivity index (χ3v) is 3.69. The van der Waals surface area contributed by atoms with Gasteiger partial charge in [-0.1, -0.05) is 12.8 Å². The molecular weight excluding hydrogens is 198 g/mol. The Balaban J connectivity index is 1.97. The van der Waals surface area contributed by atoms with Crippen LogP contribution in [0.25, 0.3) is 0 Å². The lowest BCUT2D eigenvalue weighted by atomic mass is 9.94. The quantitative estimate of drug-likeness (QED) is 0.796. The van der Waals surface area contributed by atoms with E-state index in [2.05, 4.69) is 22.7 Å². The Kier molecular flexibility index (Phi) is 3.99. The van der Waals surface area contributed by atoms with Crippen LogP contribution in [0.3, 0.4) is 0 Å². The van der Waals surface area contributed by atoms with Crippen LogP contribution >= 0.6 is 0 Å². The standard InChI is InChI=1S/C13H23N3/c1-2-16-8-7-15-13(16)10-11-5-3-4-6-12(14)9-11/h7-8,11-12H,2-6,9-10,14H2,1H3. The largest absolute Gasteiger partial charge is 0.335 e. The van der Waals surface area contributed by atoms with Gasteiger partial charge in [-0.15, -0.1) is 0 Å². The van der Waals surface area contributed by atoms with Gasteiger partial charge in [-0.05, 0) is 32.1 Å². The third-order valence-electron chi connectivity index (χ3n) is 3.69. The molecule has 1 fully saturated rings.